The molecule has 4 nitrogen and oxygen atoms in total. The molecular weight excluding hydrogens is 262 g/mol. The first-order chi connectivity index (χ1) is 10.2. The summed E-state index contributed by atoms with van der Waals surface area (Å²) in [5.41, 5.74) is 2.07. The van der Waals surface area contributed by atoms with Crippen LogP contribution in [0.3, 0.4) is 0 Å². The van der Waals surface area contributed by atoms with Crippen molar-refractivity contribution in [2.75, 3.05) is 11.9 Å². The third-order valence-electron chi connectivity index (χ3n) is 4.31. The van der Waals surface area contributed by atoms with Gasteiger partial charge < -0.3 is 9.73 Å². The Kier molecular flexibility index (Phi) is 4.23. The molecule has 0 bridgehead atoms. The van der Waals surface area contributed by atoms with Crippen molar-refractivity contribution in [3.05, 3.63) is 30.2 Å². The van der Waals surface area contributed by atoms with Gasteiger partial charge in [-0.2, -0.15) is 0 Å². The number of anilines is 1. The van der Waals surface area contributed by atoms with Crippen LogP contribution in [0.15, 0.2) is 28.7 Å². The molecular formula is C17H23N3O. The monoisotopic (exact) mass is 285 g/mol. The number of nitrogens with zero attached hydrogens (tertiary/aromatic N) is 2. The summed E-state index contributed by atoms with van der Waals surface area (Å²) in [4.78, 5) is 0. The Hall–Kier alpha value is -1.84. The van der Waals surface area contributed by atoms with Crippen LogP contribution in [0.5, 0.6) is 0 Å². The fraction of sp³-hybridized carbons (Fsp3) is 0.529. The largest absolute Gasteiger partial charge is 0.421 e. The molecule has 0 saturated heterocycles. The Morgan fingerprint density at radius 1 is 1.24 bits per heavy atom. The Morgan fingerprint density at radius 2 is 2.10 bits per heavy atom. The van der Waals surface area contributed by atoms with Gasteiger partial charge in [0.2, 0.25) is 11.8 Å². The average Bonchev–Trinajstić information content (AvgIpc) is 2.92. The summed E-state index contributed by atoms with van der Waals surface area (Å²) in [6.07, 6.45) is 5.40. The van der Waals surface area contributed by atoms with Crippen molar-refractivity contribution >= 4 is 5.69 Å². The molecule has 0 spiro atoms. The van der Waals surface area contributed by atoms with Crippen LogP contribution in [-0.4, -0.2) is 16.7 Å². The molecule has 1 aromatic heterocycles. The van der Waals surface area contributed by atoms with Crippen LogP contribution in [-0.2, 0) is 0 Å². The summed E-state index contributed by atoms with van der Waals surface area (Å²) in [6, 6.07) is 8.15. The average molecular weight is 285 g/mol. The van der Waals surface area contributed by atoms with Crippen molar-refractivity contribution in [2.24, 2.45) is 11.8 Å². The van der Waals surface area contributed by atoms with Crippen LogP contribution < -0.4 is 5.32 Å². The third kappa shape index (κ3) is 3.43. The van der Waals surface area contributed by atoms with Crippen molar-refractivity contribution in [3.63, 3.8) is 0 Å². The van der Waals surface area contributed by atoms with E-state index >= 15 is 0 Å². The first kappa shape index (κ1) is 14.1. The number of aromatic nitrogens is 2. The van der Waals surface area contributed by atoms with Gasteiger partial charge in [-0.05, 0) is 36.8 Å². The highest BCUT2D eigenvalue weighted by molar-refractivity contribution is 5.72. The molecule has 112 valence electrons. The van der Waals surface area contributed by atoms with Crippen molar-refractivity contribution < 1.29 is 4.42 Å². The number of nitrogens with one attached hydrogen (secondary N) is 1. The molecule has 1 heterocycles. The fourth-order valence-electron chi connectivity index (χ4n) is 3.23. The van der Waals surface area contributed by atoms with Gasteiger partial charge in [-0.1, -0.05) is 31.9 Å². The molecule has 0 amide bonds. The third-order valence-corrected chi connectivity index (χ3v) is 4.31. The maximum Gasteiger partial charge on any atom is 0.249 e. The number of rotatable bonds is 4. The predicted octanol–water partition coefficient (Wildman–Crippen LogP) is 4.28. The van der Waals surface area contributed by atoms with Crippen LogP contribution in [0.4, 0.5) is 5.69 Å². The number of hydrogen-bond donors (Lipinski definition) is 1. The Bertz CT molecular complexity index is 593. The van der Waals surface area contributed by atoms with Gasteiger partial charge in [-0.3, -0.25) is 0 Å². The molecule has 21 heavy (non-hydrogen) atoms. The van der Waals surface area contributed by atoms with Gasteiger partial charge in [-0.15, -0.1) is 10.2 Å². The van der Waals surface area contributed by atoms with Crippen molar-refractivity contribution in [1.29, 1.82) is 0 Å². The highest BCUT2D eigenvalue weighted by Crippen LogP contribution is 2.31. The second-order valence-electron chi connectivity index (χ2n) is 6.19. The van der Waals surface area contributed by atoms with Crippen molar-refractivity contribution in [1.82, 2.24) is 10.2 Å². The number of hydrogen-bond acceptors (Lipinski definition) is 4. The lowest BCUT2D eigenvalue weighted by Crippen LogP contribution is -2.21. The van der Waals surface area contributed by atoms with Gasteiger partial charge in [0.1, 0.15) is 0 Å². The Balaban J connectivity index is 1.71. The van der Waals surface area contributed by atoms with Crippen LogP contribution in [0, 0.1) is 18.8 Å². The number of aryl methyl sites for hydroxylation is 1. The first-order valence-electron chi connectivity index (χ1n) is 7.85. The smallest absolute Gasteiger partial charge is 0.249 e. The molecule has 0 aliphatic heterocycles. The second kappa shape index (κ2) is 6.29. The molecule has 1 aromatic carbocycles. The van der Waals surface area contributed by atoms with Gasteiger partial charge >= 0.3 is 0 Å². The van der Waals surface area contributed by atoms with Crippen LogP contribution in [0.1, 0.15) is 38.5 Å². The number of para-hydroxylation sites is 1. The van der Waals surface area contributed by atoms with Crippen molar-refractivity contribution in [2.45, 2.75) is 39.5 Å². The van der Waals surface area contributed by atoms with E-state index in [4.69, 9.17) is 4.42 Å². The summed E-state index contributed by atoms with van der Waals surface area (Å²) < 4.78 is 5.56. The van der Waals surface area contributed by atoms with Gasteiger partial charge in [0.15, 0.2) is 0 Å². The summed E-state index contributed by atoms with van der Waals surface area (Å²) >= 11 is 0. The van der Waals surface area contributed by atoms with E-state index in [1.165, 1.54) is 25.7 Å². The van der Waals surface area contributed by atoms with Crippen LogP contribution >= 0.6 is 0 Å². The van der Waals surface area contributed by atoms with E-state index in [2.05, 4.69) is 28.5 Å². The molecule has 0 radical (unpaired) electrons. The fourth-order valence-corrected chi connectivity index (χ4v) is 3.23. The summed E-state index contributed by atoms with van der Waals surface area (Å²) in [5.74, 6) is 2.82. The van der Waals surface area contributed by atoms with Gasteiger partial charge in [-0.25, -0.2) is 0 Å². The minimum atomic E-state index is 0.590. The zero-order valence-electron chi connectivity index (χ0n) is 12.8. The maximum absolute atomic E-state index is 5.56. The molecule has 2 unspecified atom stereocenters. The van der Waals surface area contributed by atoms with Crippen LogP contribution in [0.2, 0.25) is 0 Å². The first-order valence-corrected chi connectivity index (χ1v) is 7.85. The van der Waals surface area contributed by atoms with E-state index in [1.54, 1.807) is 0 Å². The number of benzene rings is 1. The van der Waals surface area contributed by atoms with Gasteiger partial charge in [0.05, 0.1) is 5.56 Å². The zero-order valence-corrected chi connectivity index (χ0v) is 12.8. The standard InChI is InChI=1S/C17H23N3O/c1-12-6-5-7-14(10-12)11-18-16-9-4-3-8-15(16)17-20-19-13(2)21-17/h3-4,8-9,12,14,18H,5-7,10-11H2,1-2H3. The highest BCUT2D eigenvalue weighted by Gasteiger charge is 2.19. The predicted molar refractivity (Wildman–Crippen MR) is 84.1 cm³/mol. The van der Waals surface area contributed by atoms with Gasteiger partial charge in [0, 0.05) is 19.2 Å². The minimum Gasteiger partial charge on any atom is -0.421 e. The lowest BCUT2D eigenvalue weighted by atomic mass is 9.82. The quantitative estimate of drug-likeness (QED) is 0.910. The molecule has 2 atom stereocenters. The molecule has 2 aromatic rings. The zero-order chi connectivity index (χ0) is 14.7. The Morgan fingerprint density at radius 3 is 2.86 bits per heavy atom. The lowest BCUT2D eigenvalue weighted by Gasteiger charge is -2.27. The van der Waals surface area contributed by atoms with Crippen molar-refractivity contribution in [3.8, 4) is 11.5 Å². The van der Waals surface area contributed by atoms with E-state index < -0.39 is 0 Å². The molecule has 1 N–H and O–H groups in total. The molecule has 4 heteroatoms. The highest BCUT2D eigenvalue weighted by atomic mass is 16.4. The topological polar surface area (TPSA) is 51.0 Å². The van der Waals surface area contributed by atoms with E-state index in [0.29, 0.717) is 11.8 Å². The summed E-state index contributed by atoms with van der Waals surface area (Å²) in [7, 11) is 0. The molecule has 1 aliphatic carbocycles. The second-order valence-corrected chi connectivity index (χ2v) is 6.19. The van der Waals surface area contributed by atoms with E-state index in [0.717, 1.165) is 29.6 Å². The molecule has 1 aliphatic rings. The SMILES string of the molecule is Cc1nnc(-c2ccccc2NCC2CCCC(C)C2)o1. The summed E-state index contributed by atoms with van der Waals surface area (Å²) in [5, 5.41) is 11.6. The summed E-state index contributed by atoms with van der Waals surface area (Å²) in [6.45, 7) is 5.20. The molecule has 1 saturated carbocycles. The van der Waals surface area contributed by atoms with Crippen LogP contribution in [0.25, 0.3) is 11.5 Å². The van der Waals surface area contributed by atoms with E-state index in [9.17, 15) is 0 Å². The Labute approximate surface area is 126 Å². The van der Waals surface area contributed by atoms with E-state index in [1.807, 2.05) is 25.1 Å². The molecule has 3 rings (SSSR count). The normalized spacial score (nSPS) is 22.2. The lowest BCUT2D eigenvalue weighted by molar-refractivity contribution is 0.293. The van der Waals surface area contributed by atoms with Gasteiger partial charge in [0.25, 0.3) is 0 Å². The minimum absolute atomic E-state index is 0.590. The van der Waals surface area contributed by atoms with E-state index in [-0.39, 0.29) is 0 Å². The maximum atomic E-state index is 5.56. The molecule has 1 fully saturated rings.